The molecule has 3 aromatic rings. The topological polar surface area (TPSA) is 72.6 Å². The third-order valence-electron chi connectivity index (χ3n) is 4.53. The van der Waals surface area contributed by atoms with Crippen LogP contribution in [0.15, 0.2) is 34.9 Å². The molecule has 0 bridgehead atoms. The number of carboxylic acid groups (broad SMARTS) is 1. The van der Waals surface area contributed by atoms with Crippen LogP contribution >= 0.6 is 0 Å². The number of carbonyl (C=O) groups is 1. The van der Waals surface area contributed by atoms with E-state index in [1.165, 1.54) is 6.26 Å². The van der Waals surface area contributed by atoms with Crippen LogP contribution in [0.25, 0.3) is 11.0 Å². The fourth-order valence-electron chi connectivity index (χ4n) is 2.89. The first-order chi connectivity index (χ1) is 11.9. The highest BCUT2D eigenvalue weighted by Crippen LogP contribution is 2.34. The number of carboxylic acids is 1. The number of aryl methyl sites for hydroxylation is 3. The van der Waals surface area contributed by atoms with Crippen LogP contribution in [-0.2, 0) is 11.4 Å². The molecule has 0 fully saturated rings. The Morgan fingerprint density at radius 3 is 2.68 bits per heavy atom. The molecule has 0 radical (unpaired) electrons. The van der Waals surface area contributed by atoms with Gasteiger partial charge in [-0.1, -0.05) is 6.07 Å². The number of benzene rings is 1. The second-order valence-electron chi connectivity index (χ2n) is 6.30. The third-order valence-corrected chi connectivity index (χ3v) is 4.53. The van der Waals surface area contributed by atoms with Crippen molar-refractivity contribution in [2.75, 3.05) is 0 Å². The van der Waals surface area contributed by atoms with Gasteiger partial charge in [0.15, 0.2) is 0 Å². The maximum absolute atomic E-state index is 11.2. The lowest BCUT2D eigenvalue weighted by Crippen LogP contribution is -2.06. The summed E-state index contributed by atoms with van der Waals surface area (Å²) in [7, 11) is 0. The van der Waals surface area contributed by atoms with Gasteiger partial charge in [-0.25, -0.2) is 0 Å². The number of nitrogens with zero attached hydrogens (tertiary/aromatic N) is 1. The van der Waals surface area contributed by atoms with E-state index in [0.29, 0.717) is 17.8 Å². The Morgan fingerprint density at radius 1 is 1.24 bits per heavy atom. The van der Waals surface area contributed by atoms with Crippen molar-refractivity contribution in [3.8, 4) is 5.75 Å². The van der Waals surface area contributed by atoms with Crippen LogP contribution in [-0.4, -0.2) is 16.1 Å². The smallest absolute Gasteiger partial charge is 0.310 e. The van der Waals surface area contributed by atoms with Gasteiger partial charge >= 0.3 is 5.97 Å². The molecule has 5 nitrogen and oxygen atoms in total. The molecule has 0 saturated heterocycles. The van der Waals surface area contributed by atoms with Crippen LogP contribution in [0.2, 0.25) is 0 Å². The second-order valence-corrected chi connectivity index (χ2v) is 6.30. The van der Waals surface area contributed by atoms with Crippen LogP contribution in [0.5, 0.6) is 5.75 Å². The van der Waals surface area contributed by atoms with Crippen molar-refractivity contribution in [2.45, 2.75) is 40.2 Å². The average Bonchev–Trinajstić information content (AvgIpc) is 2.99. The highest BCUT2D eigenvalue weighted by molar-refractivity contribution is 5.90. The molecule has 0 aliphatic rings. The van der Waals surface area contributed by atoms with Gasteiger partial charge in [-0.15, -0.1) is 0 Å². The molecular formula is C20H21NO4. The standard InChI is InChI=1S/C20H21NO4/c1-11-5-6-15(14(4)21-11)9-24-18-8-7-16-17(12(2)20(22)23)10-25-19(16)13(18)3/h5-8,10,12H,9H2,1-4H3,(H,22,23). The Bertz CT molecular complexity index is 942. The maximum Gasteiger partial charge on any atom is 0.310 e. The van der Waals surface area contributed by atoms with Gasteiger partial charge in [0.2, 0.25) is 0 Å². The Kier molecular flexibility index (Phi) is 4.49. The van der Waals surface area contributed by atoms with Crippen molar-refractivity contribution in [1.29, 1.82) is 0 Å². The molecule has 5 heteroatoms. The number of hydrogen-bond acceptors (Lipinski definition) is 4. The van der Waals surface area contributed by atoms with Crippen molar-refractivity contribution in [3.63, 3.8) is 0 Å². The number of furan rings is 1. The van der Waals surface area contributed by atoms with Gasteiger partial charge in [-0.3, -0.25) is 9.78 Å². The molecule has 1 atom stereocenters. The van der Waals surface area contributed by atoms with Gasteiger partial charge in [0, 0.05) is 33.5 Å². The van der Waals surface area contributed by atoms with Gasteiger partial charge in [0.25, 0.3) is 0 Å². The quantitative estimate of drug-likeness (QED) is 0.740. The lowest BCUT2D eigenvalue weighted by atomic mass is 9.99. The van der Waals surface area contributed by atoms with Crippen LogP contribution in [0.1, 0.15) is 40.9 Å². The highest BCUT2D eigenvalue weighted by Gasteiger charge is 2.21. The van der Waals surface area contributed by atoms with E-state index in [-0.39, 0.29) is 0 Å². The van der Waals surface area contributed by atoms with Crippen molar-refractivity contribution in [1.82, 2.24) is 4.98 Å². The van der Waals surface area contributed by atoms with Crippen molar-refractivity contribution >= 4 is 16.9 Å². The Hall–Kier alpha value is -2.82. The molecule has 2 aromatic heterocycles. The summed E-state index contributed by atoms with van der Waals surface area (Å²) in [5.41, 5.74) is 5.17. The maximum atomic E-state index is 11.2. The minimum Gasteiger partial charge on any atom is -0.488 e. The lowest BCUT2D eigenvalue weighted by Gasteiger charge is -2.11. The summed E-state index contributed by atoms with van der Waals surface area (Å²) < 4.78 is 11.6. The van der Waals surface area contributed by atoms with Gasteiger partial charge in [0.05, 0.1) is 12.2 Å². The van der Waals surface area contributed by atoms with Crippen LogP contribution in [0.3, 0.4) is 0 Å². The predicted octanol–water partition coefficient (Wildman–Crippen LogP) is 4.52. The molecule has 3 rings (SSSR count). The summed E-state index contributed by atoms with van der Waals surface area (Å²) in [5, 5.41) is 10.0. The average molecular weight is 339 g/mol. The molecule has 0 aliphatic heterocycles. The zero-order valence-corrected chi connectivity index (χ0v) is 14.8. The molecule has 2 heterocycles. The summed E-state index contributed by atoms with van der Waals surface area (Å²) in [5.74, 6) is -0.770. The van der Waals surface area contributed by atoms with E-state index in [0.717, 1.165) is 33.7 Å². The molecule has 25 heavy (non-hydrogen) atoms. The fraction of sp³-hybridized carbons (Fsp3) is 0.300. The summed E-state index contributed by atoms with van der Waals surface area (Å²) in [6, 6.07) is 7.71. The number of aromatic nitrogens is 1. The Labute approximate surface area is 146 Å². The number of ether oxygens (including phenoxy) is 1. The SMILES string of the molecule is Cc1ccc(COc2ccc3c(C(C)C(=O)O)coc3c2C)c(C)n1. The molecule has 0 saturated carbocycles. The first-order valence-electron chi connectivity index (χ1n) is 8.18. The van der Waals surface area contributed by atoms with Crippen molar-refractivity contribution in [3.05, 3.63) is 58.6 Å². The minimum atomic E-state index is -0.872. The molecule has 1 unspecified atom stereocenters. The number of pyridine rings is 1. The van der Waals surface area contributed by atoms with Crippen molar-refractivity contribution < 1.29 is 19.1 Å². The van der Waals surface area contributed by atoms with E-state index in [4.69, 9.17) is 9.15 Å². The van der Waals surface area contributed by atoms with E-state index in [9.17, 15) is 9.90 Å². The summed E-state index contributed by atoms with van der Waals surface area (Å²) >= 11 is 0. The summed E-state index contributed by atoms with van der Waals surface area (Å²) in [6.07, 6.45) is 1.52. The fourth-order valence-corrected chi connectivity index (χ4v) is 2.89. The van der Waals surface area contributed by atoms with Gasteiger partial charge in [-0.2, -0.15) is 0 Å². The second kappa shape index (κ2) is 6.59. The molecule has 0 aliphatic carbocycles. The molecule has 0 amide bonds. The zero-order valence-electron chi connectivity index (χ0n) is 14.8. The first-order valence-corrected chi connectivity index (χ1v) is 8.18. The normalized spacial score (nSPS) is 12.3. The summed E-state index contributed by atoms with van der Waals surface area (Å²) in [4.78, 5) is 15.7. The summed E-state index contributed by atoms with van der Waals surface area (Å²) in [6.45, 7) is 7.91. The van der Waals surface area contributed by atoms with Gasteiger partial charge in [0.1, 0.15) is 17.9 Å². The van der Waals surface area contributed by atoms with E-state index >= 15 is 0 Å². The third kappa shape index (κ3) is 3.22. The zero-order chi connectivity index (χ0) is 18.1. The number of rotatable bonds is 5. The predicted molar refractivity (Wildman–Crippen MR) is 95.0 cm³/mol. The molecule has 0 spiro atoms. The van der Waals surface area contributed by atoms with E-state index in [1.54, 1.807) is 6.92 Å². The Balaban J connectivity index is 1.88. The number of hydrogen-bond donors (Lipinski definition) is 1. The monoisotopic (exact) mass is 339 g/mol. The number of fused-ring (bicyclic) bond motifs is 1. The minimum absolute atomic E-state index is 0.421. The van der Waals surface area contributed by atoms with Crippen LogP contribution < -0.4 is 4.74 Å². The van der Waals surface area contributed by atoms with E-state index in [2.05, 4.69) is 4.98 Å². The Morgan fingerprint density at radius 2 is 2.00 bits per heavy atom. The van der Waals surface area contributed by atoms with Crippen molar-refractivity contribution in [2.24, 2.45) is 0 Å². The highest BCUT2D eigenvalue weighted by atomic mass is 16.5. The van der Waals surface area contributed by atoms with E-state index < -0.39 is 11.9 Å². The van der Waals surface area contributed by atoms with Gasteiger partial charge < -0.3 is 14.3 Å². The molecule has 130 valence electrons. The van der Waals surface area contributed by atoms with E-state index in [1.807, 2.05) is 45.0 Å². The molecule has 1 aromatic carbocycles. The van der Waals surface area contributed by atoms with Gasteiger partial charge in [-0.05, 0) is 45.9 Å². The van der Waals surface area contributed by atoms with Crippen LogP contribution in [0.4, 0.5) is 0 Å². The molecule has 1 N–H and O–H groups in total. The number of aliphatic carboxylic acids is 1. The van der Waals surface area contributed by atoms with Crippen LogP contribution in [0, 0.1) is 20.8 Å². The molecular weight excluding hydrogens is 318 g/mol. The first kappa shape index (κ1) is 17.0. The lowest BCUT2D eigenvalue weighted by molar-refractivity contribution is -0.138. The largest absolute Gasteiger partial charge is 0.488 e.